The van der Waals surface area contributed by atoms with Crippen molar-refractivity contribution in [3.63, 3.8) is 0 Å². The molecule has 0 N–H and O–H groups in total. The van der Waals surface area contributed by atoms with Crippen LogP contribution in [0.4, 0.5) is 0 Å². The Kier molecular flexibility index (Phi) is 12.0. The van der Waals surface area contributed by atoms with Gasteiger partial charge in [-0.15, -0.1) is 0 Å². The lowest BCUT2D eigenvalue weighted by molar-refractivity contribution is 0.403. The molecule has 0 aromatic heterocycles. The van der Waals surface area contributed by atoms with Crippen molar-refractivity contribution < 1.29 is 0 Å². The molecule has 2 atom stereocenters. The van der Waals surface area contributed by atoms with Crippen molar-refractivity contribution in [2.24, 2.45) is 11.8 Å². The minimum Gasteiger partial charge on any atom is -0.0882 e. The largest absolute Gasteiger partial charge is 0.0882 e. The zero-order chi connectivity index (χ0) is 15.2. The van der Waals surface area contributed by atoms with E-state index in [2.05, 4.69) is 26.0 Å². The summed E-state index contributed by atoms with van der Waals surface area (Å²) < 4.78 is 0. The highest BCUT2D eigenvalue weighted by Crippen LogP contribution is 2.36. The van der Waals surface area contributed by atoms with Crippen LogP contribution in [0.3, 0.4) is 0 Å². The van der Waals surface area contributed by atoms with Crippen LogP contribution >= 0.6 is 0 Å². The summed E-state index contributed by atoms with van der Waals surface area (Å²) in [6.45, 7) is 4.60. The van der Waals surface area contributed by atoms with Crippen molar-refractivity contribution in [3.8, 4) is 0 Å². The first-order valence-electron chi connectivity index (χ1n) is 10.0. The number of rotatable bonds is 13. The molecule has 0 heteroatoms. The fraction of sp³-hybridized carbons (Fsp3) is 0.905. The van der Waals surface area contributed by atoms with Gasteiger partial charge >= 0.3 is 0 Å². The van der Waals surface area contributed by atoms with Gasteiger partial charge in [-0.25, -0.2) is 0 Å². The van der Waals surface area contributed by atoms with E-state index in [9.17, 15) is 0 Å². The third-order valence-electron chi connectivity index (χ3n) is 5.25. The molecule has 0 bridgehead atoms. The van der Waals surface area contributed by atoms with Gasteiger partial charge in [0.15, 0.2) is 0 Å². The van der Waals surface area contributed by atoms with Crippen LogP contribution in [0.5, 0.6) is 0 Å². The highest BCUT2D eigenvalue weighted by molar-refractivity contribution is 4.94. The second-order valence-corrected chi connectivity index (χ2v) is 7.19. The minimum absolute atomic E-state index is 0.923. The molecule has 1 aliphatic carbocycles. The molecule has 0 radical (unpaired) electrons. The smallest absolute Gasteiger partial charge is 0.0205 e. The summed E-state index contributed by atoms with van der Waals surface area (Å²) in [5, 5.41) is 0. The van der Waals surface area contributed by atoms with Crippen LogP contribution in [0.2, 0.25) is 0 Å². The molecule has 0 aromatic carbocycles. The average molecular weight is 293 g/mol. The Bertz CT molecular complexity index is 240. The van der Waals surface area contributed by atoms with Crippen LogP contribution in [-0.2, 0) is 0 Å². The second-order valence-electron chi connectivity index (χ2n) is 7.19. The van der Waals surface area contributed by atoms with Gasteiger partial charge < -0.3 is 0 Å². The van der Waals surface area contributed by atoms with Crippen LogP contribution < -0.4 is 0 Å². The van der Waals surface area contributed by atoms with Crippen LogP contribution in [0, 0.1) is 11.8 Å². The fourth-order valence-electron chi connectivity index (χ4n) is 3.82. The topological polar surface area (TPSA) is 0 Å². The summed E-state index contributed by atoms with van der Waals surface area (Å²) in [4.78, 5) is 0. The monoisotopic (exact) mass is 292 g/mol. The van der Waals surface area contributed by atoms with Gasteiger partial charge in [-0.3, -0.25) is 0 Å². The SMILES string of the molecule is CCCCCCCCC=C[C@H]1CCC[C@@H]1CCCCCC. The molecule has 0 amide bonds. The van der Waals surface area contributed by atoms with Crippen LogP contribution in [0.25, 0.3) is 0 Å². The number of hydrogen-bond donors (Lipinski definition) is 0. The predicted molar refractivity (Wildman–Crippen MR) is 96.7 cm³/mol. The van der Waals surface area contributed by atoms with Gasteiger partial charge in [0.1, 0.15) is 0 Å². The summed E-state index contributed by atoms with van der Waals surface area (Å²) in [6.07, 6.45) is 26.6. The molecule has 1 saturated carbocycles. The first-order valence-corrected chi connectivity index (χ1v) is 10.0. The molecule has 0 unspecified atom stereocenters. The Balaban J connectivity index is 2.04. The molecule has 0 nitrogen and oxygen atoms in total. The molecular weight excluding hydrogens is 252 g/mol. The van der Waals surface area contributed by atoms with E-state index in [4.69, 9.17) is 0 Å². The van der Waals surface area contributed by atoms with Gasteiger partial charge in [0.25, 0.3) is 0 Å². The molecule has 0 aliphatic heterocycles. The first kappa shape index (κ1) is 18.8. The highest BCUT2D eigenvalue weighted by Gasteiger charge is 2.24. The van der Waals surface area contributed by atoms with Crippen molar-refractivity contribution >= 4 is 0 Å². The molecule has 21 heavy (non-hydrogen) atoms. The highest BCUT2D eigenvalue weighted by atomic mass is 14.3. The lowest BCUT2D eigenvalue weighted by atomic mass is 9.90. The van der Waals surface area contributed by atoms with Gasteiger partial charge in [0, 0.05) is 0 Å². The zero-order valence-corrected chi connectivity index (χ0v) is 14.9. The molecule has 1 fully saturated rings. The Morgan fingerprint density at radius 2 is 1.43 bits per heavy atom. The molecule has 0 aromatic rings. The summed E-state index contributed by atoms with van der Waals surface area (Å²) >= 11 is 0. The Labute approximate surface area is 134 Å². The van der Waals surface area contributed by atoms with Crippen LogP contribution in [-0.4, -0.2) is 0 Å². The Morgan fingerprint density at radius 3 is 2.19 bits per heavy atom. The Hall–Kier alpha value is -0.260. The second kappa shape index (κ2) is 13.4. The maximum atomic E-state index is 2.59. The summed E-state index contributed by atoms with van der Waals surface area (Å²) in [7, 11) is 0. The Morgan fingerprint density at radius 1 is 0.762 bits per heavy atom. The maximum Gasteiger partial charge on any atom is -0.0205 e. The van der Waals surface area contributed by atoms with E-state index >= 15 is 0 Å². The predicted octanol–water partition coefficient (Wildman–Crippen LogP) is 7.68. The first-order chi connectivity index (χ1) is 10.4. The zero-order valence-electron chi connectivity index (χ0n) is 14.9. The quantitative estimate of drug-likeness (QED) is 0.241. The molecular formula is C21H40. The maximum absolute atomic E-state index is 2.59. The van der Waals surface area contributed by atoms with Crippen molar-refractivity contribution in [3.05, 3.63) is 12.2 Å². The van der Waals surface area contributed by atoms with E-state index < -0.39 is 0 Å². The molecule has 124 valence electrons. The minimum atomic E-state index is 0.923. The molecule has 1 aliphatic rings. The van der Waals surface area contributed by atoms with Crippen molar-refractivity contribution in [1.29, 1.82) is 0 Å². The van der Waals surface area contributed by atoms with E-state index in [0.717, 1.165) is 11.8 Å². The van der Waals surface area contributed by atoms with Gasteiger partial charge in [-0.2, -0.15) is 0 Å². The van der Waals surface area contributed by atoms with Gasteiger partial charge in [-0.05, 0) is 43.9 Å². The summed E-state index contributed by atoms with van der Waals surface area (Å²) in [5.74, 6) is 1.94. The molecule has 1 rings (SSSR count). The van der Waals surface area contributed by atoms with Gasteiger partial charge in [-0.1, -0.05) is 90.2 Å². The average Bonchev–Trinajstić information content (AvgIpc) is 2.94. The molecule has 0 saturated heterocycles. The molecule has 0 heterocycles. The van der Waals surface area contributed by atoms with Gasteiger partial charge in [0.2, 0.25) is 0 Å². The fourth-order valence-corrected chi connectivity index (χ4v) is 3.82. The van der Waals surface area contributed by atoms with E-state index in [-0.39, 0.29) is 0 Å². The van der Waals surface area contributed by atoms with Crippen molar-refractivity contribution in [1.82, 2.24) is 0 Å². The number of hydrogen-bond acceptors (Lipinski definition) is 0. The summed E-state index contributed by atoms with van der Waals surface area (Å²) in [6, 6.07) is 0. The van der Waals surface area contributed by atoms with E-state index in [0.29, 0.717) is 0 Å². The third-order valence-corrected chi connectivity index (χ3v) is 5.25. The lowest BCUT2D eigenvalue weighted by Gasteiger charge is -2.16. The summed E-state index contributed by atoms with van der Waals surface area (Å²) in [5.41, 5.74) is 0. The lowest BCUT2D eigenvalue weighted by Crippen LogP contribution is -2.05. The third kappa shape index (κ3) is 9.38. The number of unbranched alkanes of at least 4 members (excludes halogenated alkanes) is 9. The van der Waals surface area contributed by atoms with E-state index in [1.165, 1.54) is 96.3 Å². The van der Waals surface area contributed by atoms with Crippen molar-refractivity contribution in [2.75, 3.05) is 0 Å². The molecule has 0 spiro atoms. The standard InChI is InChI=1S/C21H40/c1-3-5-7-9-10-11-12-14-17-21-19-15-18-20(21)16-13-8-6-4-2/h14,17,20-21H,3-13,15-16,18-19H2,1-2H3/t20-,21-/m0/s1. The van der Waals surface area contributed by atoms with Crippen LogP contribution in [0.1, 0.15) is 110 Å². The van der Waals surface area contributed by atoms with Crippen LogP contribution in [0.15, 0.2) is 12.2 Å². The van der Waals surface area contributed by atoms with Crippen molar-refractivity contribution in [2.45, 2.75) is 110 Å². The van der Waals surface area contributed by atoms with E-state index in [1.807, 2.05) is 0 Å². The normalized spacial score (nSPS) is 22.4. The van der Waals surface area contributed by atoms with Gasteiger partial charge in [0.05, 0.1) is 0 Å². The van der Waals surface area contributed by atoms with E-state index in [1.54, 1.807) is 0 Å². The number of allylic oxidation sites excluding steroid dienone is 2.